The summed E-state index contributed by atoms with van der Waals surface area (Å²) in [5.74, 6) is 0.587. The maximum absolute atomic E-state index is 13.3. The van der Waals surface area contributed by atoms with Crippen molar-refractivity contribution in [2.45, 2.75) is 24.2 Å². The van der Waals surface area contributed by atoms with Crippen molar-refractivity contribution in [3.05, 3.63) is 53.6 Å². The van der Waals surface area contributed by atoms with Gasteiger partial charge in [0.1, 0.15) is 5.75 Å². The number of carbonyl (C=O) groups is 2. The number of hydrogen-bond acceptors (Lipinski definition) is 5. The maximum atomic E-state index is 13.3. The second-order valence-electron chi connectivity index (χ2n) is 8.27. The second-order valence-corrected chi connectivity index (χ2v) is 10.2. The van der Waals surface area contributed by atoms with Crippen LogP contribution < -0.4 is 9.64 Å². The van der Waals surface area contributed by atoms with E-state index in [1.807, 2.05) is 18.2 Å². The van der Waals surface area contributed by atoms with Crippen LogP contribution in [-0.4, -0.2) is 68.8 Å². The van der Waals surface area contributed by atoms with Crippen LogP contribution in [0.25, 0.3) is 0 Å². The Morgan fingerprint density at radius 1 is 0.906 bits per heavy atom. The molecule has 0 aliphatic carbocycles. The van der Waals surface area contributed by atoms with Gasteiger partial charge in [-0.15, -0.1) is 0 Å². The number of sulfonamides is 1. The van der Waals surface area contributed by atoms with Crippen LogP contribution in [0.15, 0.2) is 47.4 Å². The highest BCUT2D eigenvalue weighted by Gasteiger charge is 2.35. The van der Waals surface area contributed by atoms with Gasteiger partial charge >= 0.3 is 0 Å². The number of hydrogen-bond donors (Lipinski definition) is 0. The number of anilines is 1. The van der Waals surface area contributed by atoms with Crippen molar-refractivity contribution >= 4 is 27.5 Å². The zero-order valence-corrected chi connectivity index (χ0v) is 18.5. The van der Waals surface area contributed by atoms with Crippen molar-refractivity contribution in [2.75, 3.05) is 44.2 Å². The molecule has 32 heavy (non-hydrogen) atoms. The minimum absolute atomic E-state index is 0.0693. The molecule has 0 atom stereocenters. The molecule has 0 unspecified atom stereocenters. The van der Waals surface area contributed by atoms with Gasteiger partial charge in [-0.2, -0.15) is 4.31 Å². The third kappa shape index (κ3) is 3.75. The summed E-state index contributed by atoms with van der Waals surface area (Å²) in [5, 5.41) is 0. The number of para-hydroxylation sites is 1. The summed E-state index contributed by atoms with van der Waals surface area (Å²) in [7, 11) is -3.67. The highest BCUT2D eigenvalue weighted by Crippen LogP contribution is 2.39. The molecule has 3 aliphatic rings. The highest BCUT2D eigenvalue weighted by atomic mass is 32.2. The minimum Gasteiger partial charge on any atom is -0.484 e. The van der Waals surface area contributed by atoms with Crippen LogP contribution in [0.1, 0.15) is 17.5 Å². The number of rotatable bonds is 5. The van der Waals surface area contributed by atoms with E-state index in [2.05, 4.69) is 0 Å². The molecule has 0 radical (unpaired) electrons. The molecule has 0 spiro atoms. The summed E-state index contributed by atoms with van der Waals surface area (Å²) in [6.45, 7) is 1.70. The van der Waals surface area contributed by atoms with Gasteiger partial charge in [0, 0.05) is 39.1 Å². The Labute approximate surface area is 187 Å². The smallest absolute Gasteiger partial charge is 0.260 e. The van der Waals surface area contributed by atoms with Crippen LogP contribution in [-0.2, 0) is 32.5 Å². The average Bonchev–Trinajstić information content (AvgIpc) is 3.26. The van der Waals surface area contributed by atoms with Gasteiger partial charge in [-0.05, 0) is 48.2 Å². The first-order valence-corrected chi connectivity index (χ1v) is 12.3. The van der Waals surface area contributed by atoms with E-state index in [1.165, 1.54) is 4.31 Å². The van der Waals surface area contributed by atoms with E-state index in [9.17, 15) is 18.0 Å². The lowest BCUT2D eigenvalue weighted by Gasteiger charge is -2.34. The lowest BCUT2D eigenvalue weighted by molar-refractivity contribution is -0.134. The number of piperazine rings is 1. The topological polar surface area (TPSA) is 87.2 Å². The lowest BCUT2D eigenvalue weighted by Crippen LogP contribution is -2.51. The van der Waals surface area contributed by atoms with Crippen molar-refractivity contribution in [2.24, 2.45) is 0 Å². The zero-order valence-electron chi connectivity index (χ0n) is 17.7. The monoisotopic (exact) mass is 455 g/mol. The Kier molecular flexibility index (Phi) is 5.38. The number of aryl methyl sites for hydroxylation is 1. The van der Waals surface area contributed by atoms with E-state index < -0.39 is 10.0 Å². The van der Waals surface area contributed by atoms with E-state index in [-0.39, 0.29) is 36.4 Å². The lowest BCUT2D eigenvalue weighted by atomic mass is 10.00. The molecule has 0 saturated carbocycles. The van der Waals surface area contributed by atoms with Crippen LogP contribution in [0.5, 0.6) is 5.75 Å². The van der Waals surface area contributed by atoms with Crippen LogP contribution in [0.4, 0.5) is 5.69 Å². The molecule has 8 nitrogen and oxygen atoms in total. The molecular formula is C23H25N3O5S. The molecule has 9 heteroatoms. The Morgan fingerprint density at radius 2 is 1.59 bits per heavy atom. The largest absolute Gasteiger partial charge is 0.484 e. The van der Waals surface area contributed by atoms with Crippen LogP contribution in [0.2, 0.25) is 0 Å². The standard InChI is InChI=1S/C23H25N3O5S/c27-21-7-6-17-14-20(15-18-8-9-26(21)23(17)18)32(29,30)25-12-10-24(11-13-25)22(28)16-31-19-4-2-1-3-5-19/h1-5,14-15H,6-13,16H2. The van der Waals surface area contributed by atoms with Crippen molar-refractivity contribution in [1.29, 1.82) is 0 Å². The number of benzene rings is 2. The number of amides is 2. The molecule has 2 aromatic rings. The Hall–Kier alpha value is -2.91. The summed E-state index contributed by atoms with van der Waals surface area (Å²) in [4.78, 5) is 28.3. The summed E-state index contributed by atoms with van der Waals surface area (Å²) < 4.78 is 33.6. The fourth-order valence-electron chi connectivity index (χ4n) is 4.65. The first-order chi connectivity index (χ1) is 15.4. The van der Waals surface area contributed by atoms with E-state index in [4.69, 9.17) is 4.74 Å². The van der Waals surface area contributed by atoms with Gasteiger partial charge in [-0.3, -0.25) is 9.59 Å². The van der Waals surface area contributed by atoms with Gasteiger partial charge in [0.05, 0.1) is 10.6 Å². The molecule has 3 heterocycles. The minimum atomic E-state index is -3.67. The first kappa shape index (κ1) is 21.0. The predicted octanol–water partition coefficient (Wildman–Crippen LogP) is 1.43. The fourth-order valence-corrected chi connectivity index (χ4v) is 6.18. The molecule has 0 bridgehead atoms. The Balaban J connectivity index is 1.25. The van der Waals surface area contributed by atoms with Crippen molar-refractivity contribution < 1.29 is 22.7 Å². The fraction of sp³-hybridized carbons (Fsp3) is 0.391. The summed E-state index contributed by atoms with van der Waals surface area (Å²) in [6.07, 6.45) is 1.67. The van der Waals surface area contributed by atoms with Crippen molar-refractivity contribution in [3.63, 3.8) is 0 Å². The number of nitrogens with zero attached hydrogens (tertiary/aromatic N) is 3. The molecule has 0 N–H and O–H groups in total. The zero-order chi connectivity index (χ0) is 22.3. The number of ether oxygens (including phenoxy) is 1. The van der Waals surface area contributed by atoms with Crippen LogP contribution in [0, 0.1) is 0 Å². The number of carbonyl (C=O) groups excluding carboxylic acids is 2. The van der Waals surface area contributed by atoms with Gasteiger partial charge in [0.15, 0.2) is 6.61 Å². The second kappa shape index (κ2) is 8.22. The summed E-state index contributed by atoms with van der Waals surface area (Å²) >= 11 is 0. The quantitative estimate of drug-likeness (QED) is 0.681. The first-order valence-electron chi connectivity index (χ1n) is 10.9. The molecule has 168 valence electrons. The summed E-state index contributed by atoms with van der Waals surface area (Å²) in [5.41, 5.74) is 2.78. The Morgan fingerprint density at radius 3 is 2.31 bits per heavy atom. The van der Waals surface area contributed by atoms with Gasteiger partial charge in [0.2, 0.25) is 15.9 Å². The van der Waals surface area contributed by atoms with Crippen LogP contribution >= 0.6 is 0 Å². The summed E-state index contributed by atoms with van der Waals surface area (Å²) in [6, 6.07) is 12.6. The van der Waals surface area contributed by atoms with E-state index in [1.54, 1.807) is 34.1 Å². The molecule has 2 amide bonds. The van der Waals surface area contributed by atoms with Crippen LogP contribution in [0.3, 0.4) is 0 Å². The SMILES string of the molecule is O=C(COc1ccccc1)N1CCN(S(=O)(=O)c2cc3c4c(c2)CCN4C(=O)CC3)CC1. The average molecular weight is 456 g/mol. The maximum Gasteiger partial charge on any atom is 0.260 e. The third-order valence-electron chi connectivity index (χ3n) is 6.36. The van der Waals surface area contributed by atoms with Crippen molar-refractivity contribution in [3.8, 4) is 5.75 Å². The molecule has 1 fully saturated rings. The van der Waals surface area contributed by atoms with E-state index in [0.29, 0.717) is 44.6 Å². The van der Waals surface area contributed by atoms with E-state index >= 15 is 0 Å². The van der Waals surface area contributed by atoms with E-state index in [0.717, 1.165) is 16.8 Å². The van der Waals surface area contributed by atoms with Gasteiger partial charge in [-0.1, -0.05) is 18.2 Å². The van der Waals surface area contributed by atoms with Crippen molar-refractivity contribution in [1.82, 2.24) is 9.21 Å². The molecule has 1 saturated heterocycles. The highest BCUT2D eigenvalue weighted by molar-refractivity contribution is 7.89. The molecule has 5 rings (SSSR count). The third-order valence-corrected chi connectivity index (χ3v) is 8.24. The molecule has 3 aliphatic heterocycles. The molecule has 0 aromatic heterocycles. The Bertz CT molecular complexity index is 1160. The van der Waals surface area contributed by atoms with Gasteiger partial charge in [-0.25, -0.2) is 8.42 Å². The normalized spacial score (nSPS) is 18.6. The molecule has 2 aromatic carbocycles. The molecular weight excluding hydrogens is 430 g/mol. The predicted molar refractivity (Wildman–Crippen MR) is 118 cm³/mol. The van der Waals surface area contributed by atoms with Gasteiger partial charge in [0.25, 0.3) is 5.91 Å². The van der Waals surface area contributed by atoms with Gasteiger partial charge < -0.3 is 14.5 Å².